The molecule has 1 atom stereocenters. The van der Waals surface area contributed by atoms with Crippen molar-refractivity contribution < 1.29 is 18.0 Å². The van der Waals surface area contributed by atoms with Gasteiger partial charge in [-0.3, -0.25) is 9.59 Å². The van der Waals surface area contributed by atoms with E-state index in [9.17, 15) is 18.0 Å². The molecule has 0 saturated carbocycles. The summed E-state index contributed by atoms with van der Waals surface area (Å²) < 4.78 is 26.9. The fourth-order valence-electron chi connectivity index (χ4n) is 3.04. The van der Waals surface area contributed by atoms with Gasteiger partial charge in [0.15, 0.2) is 0 Å². The molecular formula is C18H19N3O4S. The lowest BCUT2D eigenvalue weighted by Gasteiger charge is -2.23. The highest BCUT2D eigenvalue weighted by molar-refractivity contribution is 7.89. The molecule has 7 nitrogen and oxygen atoms in total. The first-order valence-corrected chi connectivity index (χ1v) is 9.62. The molecule has 0 aliphatic carbocycles. The van der Waals surface area contributed by atoms with Gasteiger partial charge in [-0.25, -0.2) is 8.42 Å². The minimum atomic E-state index is -3.77. The quantitative estimate of drug-likeness (QED) is 0.829. The molecule has 0 aromatic heterocycles. The summed E-state index contributed by atoms with van der Waals surface area (Å²) in [6.07, 6.45) is 0.998. The summed E-state index contributed by atoms with van der Waals surface area (Å²) in [5.74, 6) is -1.14. The number of carbonyl (C=O) groups is 2. The van der Waals surface area contributed by atoms with E-state index in [-0.39, 0.29) is 22.7 Å². The number of benzene rings is 2. The second-order valence-corrected chi connectivity index (χ2v) is 7.88. The maximum atomic E-state index is 12.8. The fourth-order valence-corrected chi connectivity index (χ4v) is 4.72. The lowest BCUT2D eigenvalue weighted by atomic mass is 10.1. The van der Waals surface area contributed by atoms with Gasteiger partial charge in [-0.05, 0) is 37.1 Å². The van der Waals surface area contributed by atoms with Crippen molar-refractivity contribution >= 4 is 27.5 Å². The van der Waals surface area contributed by atoms with Crippen LogP contribution in [0, 0.1) is 0 Å². The molecule has 1 fully saturated rings. The Hall–Kier alpha value is -2.71. The van der Waals surface area contributed by atoms with Crippen molar-refractivity contribution in [3.05, 3.63) is 60.2 Å². The number of amides is 2. The van der Waals surface area contributed by atoms with Crippen LogP contribution in [-0.4, -0.2) is 37.1 Å². The van der Waals surface area contributed by atoms with Crippen LogP contribution in [0.1, 0.15) is 23.2 Å². The first-order valence-electron chi connectivity index (χ1n) is 8.18. The van der Waals surface area contributed by atoms with Crippen molar-refractivity contribution in [3.63, 3.8) is 0 Å². The summed E-state index contributed by atoms with van der Waals surface area (Å²) in [5.41, 5.74) is 5.77. The topological polar surface area (TPSA) is 110 Å². The highest BCUT2D eigenvalue weighted by Gasteiger charge is 2.39. The molecule has 2 aromatic carbocycles. The number of primary amides is 1. The number of hydrogen-bond donors (Lipinski definition) is 2. The van der Waals surface area contributed by atoms with Crippen LogP contribution in [0.15, 0.2) is 59.5 Å². The van der Waals surface area contributed by atoms with Crippen LogP contribution in [0.2, 0.25) is 0 Å². The zero-order valence-electron chi connectivity index (χ0n) is 14.0. The average Bonchev–Trinajstić information content (AvgIpc) is 3.13. The van der Waals surface area contributed by atoms with Crippen LogP contribution < -0.4 is 11.1 Å². The maximum Gasteiger partial charge on any atom is 0.250 e. The molecule has 1 unspecified atom stereocenters. The lowest BCUT2D eigenvalue weighted by molar-refractivity contribution is -0.119. The van der Waals surface area contributed by atoms with Gasteiger partial charge in [0, 0.05) is 6.54 Å². The van der Waals surface area contributed by atoms with E-state index >= 15 is 0 Å². The summed E-state index contributed by atoms with van der Waals surface area (Å²) in [7, 11) is -3.77. The van der Waals surface area contributed by atoms with Crippen molar-refractivity contribution in [1.29, 1.82) is 0 Å². The summed E-state index contributed by atoms with van der Waals surface area (Å²) in [4.78, 5) is 24.4. The highest BCUT2D eigenvalue weighted by Crippen LogP contribution is 2.27. The van der Waals surface area contributed by atoms with E-state index in [4.69, 9.17) is 5.73 Å². The van der Waals surface area contributed by atoms with Gasteiger partial charge in [-0.2, -0.15) is 4.31 Å². The molecule has 8 heteroatoms. The van der Waals surface area contributed by atoms with E-state index in [1.54, 1.807) is 36.4 Å². The third-order valence-corrected chi connectivity index (χ3v) is 6.23. The van der Waals surface area contributed by atoms with E-state index in [1.807, 2.05) is 0 Å². The second kappa shape index (κ2) is 7.27. The van der Waals surface area contributed by atoms with Crippen LogP contribution >= 0.6 is 0 Å². The third kappa shape index (κ3) is 3.47. The van der Waals surface area contributed by atoms with E-state index in [1.165, 1.54) is 22.5 Å². The zero-order chi connectivity index (χ0) is 18.7. The average molecular weight is 373 g/mol. The smallest absolute Gasteiger partial charge is 0.250 e. The van der Waals surface area contributed by atoms with Crippen LogP contribution in [0.5, 0.6) is 0 Å². The predicted octanol–water partition coefficient (Wildman–Crippen LogP) is 1.58. The molecule has 0 spiro atoms. The highest BCUT2D eigenvalue weighted by atomic mass is 32.2. The van der Waals surface area contributed by atoms with Crippen LogP contribution in [0.25, 0.3) is 0 Å². The molecule has 2 aromatic rings. The Morgan fingerprint density at radius 3 is 2.38 bits per heavy atom. The van der Waals surface area contributed by atoms with Gasteiger partial charge >= 0.3 is 0 Å². The Kier molecular flexibility index (Phi) is 5.06. The number of hydrogen-bond acceptors (Lipinski definition) is 4. The lowest BCUT2D eigenvalue weighted by Crippen LogP contribution is -2.43. The molecule has 2 amide bonds. The number of nitrogens with one attached hydrogen (secondary N) is 1. The Morgan fingerprint density at radius 1 is 1.04 bits per heavy atom. The van der Waals surface area contributed by atoms with Crippen molar-refractivity contribution in [1.82, 2.24) is 4.31 Å². The van der Waals surface area contributed by atoms with Gasteiger partial charge < -0.3 is 11.1 Å². The molecule has 0 radical (unpaired) electrons. The van der Waals surface area contributed by atoms with Gasteiger partial charge in [0.1, 0.15) is 6.04 Å². The number of sulfonamides is 1. The summed E-state index contributed by atoms with van der Waals surface area (Å²) >= 11 is 0. The zero-order valence-corrected chi connectivity index (χ0v) is 14.8. The van der Waals surface area contributed by atoms with Gasteiger partial charge in [0.05, 0.1) is 16.1 Å². The standard InChI is InChI=1S/C18H19N3O4S/c19-17(22)14-9-4-5-10-15(14)20-18(23)16-11-6-12-21(16)26(24,25)13-7-2-1-3-8-13/h1-5,7-10,16H,6,11-12H2,(H2,19,22)(H,20,23). The minimum Gasteiger partial charge on any atom is -0.366 e. The van der Waals surface area contributed by atoms with E-state index in [0.717, 1.165) is 0 Å². The molecule has 26 heavy (non-hydrogen) atoms. The summed E-state index contributed by atoms with van der Waals surface area (Å²) in [6, 6.07) is 13.5. The molecule has 136 valence electrons. The van der Waals surface area contributed by atoms with Crippen LogP contribution in [0.3, 0.4) is 0 Å². The minimum absolute atomic E-state index is 0.150. The second-order valence-electron chi connectivity index (χ2n) is 5.99. The number of carbonyl (C=O) groups excluding carboxylic acids is 2. The maximum absolute atomic E-state index is 12.8. The van der Waals surface area contributed by atoms with Gasteiger partial charge in [0.25, 0.3) is 5.91 Å². The van der Waals surface area contributed by atoms with Crippen molar-refractivity contribution in [2.24, 2.45) is 5.73 Å². The number of para-hydroxylation sites is 1. The van der Waals surface area contributed by atoms with Crippen LogP contribution in [-0.2, 0) is 14.8 Å². The Morgan fingerprint density at radius 2 is 1.69 bits per heavy atom. The molecule has 0 bridgehead atoms. The molecule has 1 aliphatic rings. The van der Waals surface area contributed by atoms with Gasteiger partial charge in [-0.1, -0.05) is 30.3 Å². The van der Waals surface area contributed by atoms with Crippen LogP contribution in [0.4, 0.5) is 5.69 Å². The number of anilines is 1. The fraction of sp³-hybridized carbons (Fsp3) is 0.222. The first kappa shape index (κ1) is 18.1. The predicted molar refractivity (Wildman–Crippen MR) is 96.9 cm³/mol. The molecular weight excluding hydrogens is 354 g/mol. The number of rotatable bonds is 5. The number of nitrogens with zero attached hydrogens (tertiary/aromatic N) is 1. The molecule has 1 heterocycles. The first-order chi connectivity index (χ1) is 12.4. The SMILES string of the molecule is NC(=O)c1ccccc1NC(=O)C1CCCN1S(=O)(=O)c1ccccc1. The Labute approximate surface area is 151 Å². The number of nitrogens with two attached hydrogens (primary N) is 1. The van der Waals surface area contributed by atoms with Gasteiger partial charge in [0.2, 0.25) is 15.9 Å². The molecule has 3 rings (SSSR count). The molecule has 1 aliphatic heterocycles. The molecule has 1 saturated heterocycles. The monoisotopic (exact) mass is 373 g/mol. The molecule has 3 N–H and O–H groups in total. The van der Waals surface area contributed by atoms with Crippen molar-refractivity contribution in [2.75, 3.05) is 11.9 Å². The van der Waals surface area contributed by atoms with E-state index in [2.05, 4.69) is 5.32 Å². The largest absolute Gasteiger partial charge is 0.366 e. The van der Waals surface area contributed by atoms with E-state index < -0.39 is 27.9 Å². The van der Waals surface area contributed by atoms with Crippen molar-refractivity contribution in [2.45, 2.75) is 23.8 Å². The Balaban J connectivity index is 1.85. The third-order valence-electron chi connectivity index (χ3n) is 4.31. The normalized spacial score (nSPS) is 17.8. The Bertz CT molecular complexity index is 928. The van der Waals surface area contributed by atoms with E-state index in [0.29, 0.717) is 12.8 Å². The summed E-state index contributed by atoms with van der Waals surface area (Å²) in [6.45, 7) is 0.271. The van der Waals surface area contributed by atoms with Gasteiger partial charge in [-0.15, -0.1) is 0 Å². The van der Waals surface area contributed by atoms with Crippen molar-refractivity contribution in [3.8, 4) is 0 Å². The summed E-state index contributed by atoms with van der Waals surface area (Å²) in [5, 5.41) is 2.64.